The fourth-order valence-corrected chi connectivity index (χ4v) is 7.57. The number of anilines is 1. The molecule has 38 heavy (non-hydrogen) atoms. The summed E-state index contributed by atoms with van der Waals surface area (Å²) in [5.74, 6) is -0.683. The summed E-state index contributed by atoms with van der Waals surface area (Å²) in [4.78, 5) is 43.8. The Morgan fingerprint density at radius 1 is 1.05 bits per heavy atom. The van der Waals surface area contributed by atoms with Crippen LogP contribution in [0.1, 0.15) is 64.7 Å². The van der Waals surface area contributed by atoms with Gasteiger partial charge in [-0.25, -0.2) is 0 Å². The van der Waals surface area contributed by atoms with E-state index in [9.17, 15) is 14.4 Å². The van der Waals surface area contributed by atoms with Crippen LogP contribution in [0.5, 0.6) is 5.75 Å². The first-order valence-electron chi connectivity index (χ1n) is 14.4. The second kappa shape index (κ2) is 10.0. The van der Waals surface area contributed by atoms with Gasteiger partial charge in [0.1, 0.15) is 17.4 Å². The van der Waals surface area contributed by atoms with Gasteiger partial charge in [-0.15, -0.1) is 0 Å². The molecule has 1 spiro atoms. The summed E-state index contributed by atoms with van der Waals surface area (Å²) in [5.41, 5.74) is -0.509. The maximum absolute atomic E-state index is 14.3. The quantitative estimate of drug-likeness (QED) is 0.555. The van der Waals surface area contributed by atoms with Crippen molar-refractivity contribution in [3.63, 3.8) is 0 Å². The average molecular weight is 522 g/mol. The van der Waals surface area contributed by atoms with Crippen LogP contribution in [0, 0.1) is 17.8 Å². The molecule has 5 atom stereocenters. The Kier molecular flexibility index (Phi) is 6.70. The molecule has 2 aliphatic carbocycles. The predicted octanol–water partition coefficient (Wildman–Crippen LogP) is 3.81. The SMILES string of the molecule is COc1cccc(NC(=O)C2C3C=CC4(O3)C2C(=O)N(C2CCC(C)CC2)C4C(=O)NC2CCCCC2)c1. The maximum Gasteiger partial charge on any atom is 0.246 e. The molecule has 5 aliphatic rings. The predicted molar refractivity (Wildman–Crippen MR) is 142 cm³/mol. The lowest BCUT2D eigenvalue weighted by Crippen LogP contribution is -2.58. The van der Waals surface area contributed by atoms with E-state index in [1.807, 2.05) is 29.2 Å². The normalized spacial score (nSPS) is 36.3. The van der Waals surface area contributed by atoms with Crippen molar-refractivity contribution in [2.75, 3.05) is 12.4 Å². The largest absolute Gasteiger partial charge is 0.497 e. The van der Waals surface area contributed by atoms with E-state index in [1.165, 1.54) is 6.42 Å². The van der Waals surface area contributed by atoms with Gasteiger partial charge in [-0.05, 0) is 56.6 Å². The summed E-state index contributed by atoms with van der Waals surface area (Å²) in [5, 5.41) is 6.26. The summed E-state index contributed by atoms with van der Waals surface area (Å²) in [6.07, 6.45) is 12.4. The molecular formula is C30H39N3O5. The van der Waals surface area contributed by atoms with Gasteiger partial charge in [0.2, 0.25) is 17.7 Å². The zero-order valence-electron chi connectivity index (χ0n) is 22.4. The molecule has 2 saturated carbocycles. The van der Waals surface area contributed by atoms with Gasteiger partial charge in [-0.1, -0.05) is 44.4 Å². The molecule has 0 radical (unpaired) electrons. The first-order chi connectivity index (χ1) is 18.4. The smallest absolute Gasteiger partial charge is 0.246 e. The number of benzene rings is 1. The van der Waals surface area contributed by atoms with Crippen molar-refractivity contribution in [1.82, 2.24) is 10.2 Å². The van der Waals surface area contributed by atoms with Crippen molar-refractivity contribution in [2.24, 2.45) is 17.8 Å². The van der Waals surface area contributed by atoms with E-state index in [2.05, 4.69) is 17.6 Å². The number of likely N-dealkylation sites (tertiary alicyclic amines) is 1. The third-order valence-corrected chi connectivity index (χ3v) is 9.53. The number of carbonyl (C=O) groups is 3. The second-order valence-electron chi connectivity index (χ2n) is 11.9. The topological polar surface area (TPSA) is 97.0 Å². The molecular weight excluding hydrogens is 482 g/mol. The van der Waals surface area contributed by atoms with Crippen molar-refractivity contribution >= 4 is 23.4 Å². The van der Waals surface area contributed by atoms with Crippen LogP contribution >= 0.6 is 0 Å². The lowest BCUT2D eigenvalue weighted by Gasteiger charge is -2.40. The monoisotopic (exact) mass is 521 g/mol. The first kappa shape index (κ1) is 25.4. The molecule has 4 fully saturated rings. The number of methoxy groups -OCH3 is 1. The zero-order valence-corrected chi connectivity index (χ0v) is 22.4. The molecule has 6 rings (SSSR count). The molecule has 0 aromatic heterocycles. The minimum Gasteiger partial charge on any atom is -0.497 e. The van der Waals surface area contributed by atoms with Gasteiger partial charge >= 0.3 is 0 Å². The summed E-state index contributed by atoms with van der Waals surface area (Å²) < 4.78 is 11.8. The Labute approximate surface area is 224 Å². The number of nitrogens with zero attached hydrogens (tertiary/aromatic N) is 1. The second-order valence-corrected chi connectivity index (χ2v) is 11.9. The maximum atomic E-state index is 14.3. The molecule has 3 heterocycles. The molecule has 5 unspecified atom stereocenters. The number of hydrogen-bond acceptors (Lipinski definition) is 5. The Morgan fingerprint density at radius 2 is 1.82 bits per heavy atom. The minimum atomic E-state index is -1.11. The fourth-order valence-electron chi connectivity index (χ4n) is 7.57. The van der Waals surface area contributed by atoms with Gasteiger partial charge in [0, 0.05) is 23.8 Å². The van der Waals surface area contributed by atoms with E-state index in [4.69, 9.17) is 9.47 Å². The fraction of sp³-hybridized carbons (Fsp3) is 0.633. The summed E-state index contributed by atoms with van der Waals surface area (Å²) in [6, 6.07) is 6.54. The standard InChI is InChI=1S/C30H39N3O5/c1-18-11-13-21(14-12-18)33-26(28(35)31-19-7-4-3-5-8-19)30-16-15-23(38-30)24(25(30)29(33)36)27(34)32-20-9-6-10-22(17-20)37-2/h6,9-10,15-19,21,23-26H,3-5,7-8,11-14H2,1-2H3,(H,31,35)(H,32,34). The molecule has 3 aliphatic heterocycles. The van der Waals surface area contributed by atoms with E-state index in [0.29, 0.717) is 17.4 Å². The van der Waals surface area contributed by atoms with Crippen molar-refractivity contribution in [2.45, 2.75) is 94.5 Å². The minimum absolute atomic E-state index is 0.0149. The van der Waals surface area contributed by atoms with E-state index < -0.39 is 29.6 Å². The highest BCUT2D eigenvalue weighted by atomic mass is 16.5. The van der Waals surface area contributed by atoms with Gasteiger partial charge in [0.25, 0.3) is 0 Å². The molecule has 3 amide bonds. The molecule has 2 N–H and O–H groups in total. The molecule has 2 saturated heterocycles. The third-order valence-electron chi connectivity index (χ3n) is 9.53. The van der Waals surface area contributed by atoms with Crippen LogP contribution in [0.4, 0.5) is 5.69 Å². The summed E-state index contributed by atoms with van der Waals surface area (Å²) in [6.45, 7) is 2.25. The van der Waals surface area contributed by atoms with Crippen LogP contribution in [0.25, 0.3) is 0 Å². The number of hydrogen-bond donors (Lipinski definition) is 2. The van der Waals surface area contributed by atoms with Crippen molar-refractivity contribution in [3.8, 4) is 5.75 Å². The average Bonchev–Trinajstić information content (AvgIpc) is 3.57. The Bertz CT molecular complexity index is 1120. The number of rotatable bonds is 6. The van der Waals surface area contributed by atoms with Gasteiger partial charge in [0.05, 0.1) is 25.0 Å². The zero-order chi connectivity index (χ0) is 26.4. The van der Waals surface area contributed by atoms with Crippen LogP contribution in [0.3, 0.4) is 0 Å². The number of ether oxygens (including phenoxy) is 2. The molecule has 1 aromatic rings. The van der Waals surface area contributed by atoms with Crippen LogP contribution in [-0.2, 0) is 19.1 Å². The number of amides is 3. The number of nitrogens with one attached hydrogen (secondary N) is 2. The van der Waals surface area contributed by atoms with Crippen LogP contribution in [0.2, 0.25) is 0 Å². The highest BCUT2D eigenvalue weighted by Gasteiger charge is 2.73. The van der Waals surface area contributed by atoms with Gasteiger partial charge in [0.15, 0.2) is 0 Å². The van der Waals surface area contributed by atoms with Crippen molar-refractivity contribution < 1.29 is 23.9 Å². The Hall–Kier alpha value is -2.87. The van der Waals surface area contributed by atoms with Gasteiger partial charge in [-0.3, -0.25) is 14.4 Å². The summed E-state index contributed by atoms with van der Waals surface area (Å²) >= 11 is 0. The van der Waals surface area contributed by atoms with Gasteiger partial charge < -0.3 is 25.0 Å². The lowest BCUT2D eigenvalue weighted by atomic mass is 9.74. The molecule has 8 nitrogen and oxygen atoms in total. The van der Waals surface area contributed by atoms with E-state index in [0.717, 1.165) is 51.4 Å². The van der Waals surface area contributed by atoms with E-state index >= 15 is 0 Å². The van der Waals surface area contributed by atoms with Gasteiger partial charge in [-0.2, -0.15) is 0 Å². The van der Waals surface area contributed by atoms with E-state index in [1.54, 1.807) is 19.2 Å². The van der Waals surface area contributed by atoms with E-state index in [-0.39, 0.29) is 29.8 Å². The molecule has 204 valence electrons. The Morgan fingerprint density at radius 3 is 2.55 bits per heavy atom. The highest BCUT2D eigenvalue weighted by molar-refractivity contribution is 6.03. The molecule has 8 heteroatoms. The van der Waals surface area contributed by atoms with Crippen molar-refractivity contribution in [1.29, 1.82) is 0 Å². The lowest BCUT2D eigenvalue weighted by molar-refractivity contribution is -0.145. The first-order valence-corrected chi connectivity index (χ1v) is 14.4. The Balaban J connectivity index is 1.31. The highest BCUT2D eigenvalue weighted by Crippen LogP contribution is 2.56. The van der Waals surface area contributed by atoms with Crippen LogP contribution in [0.15, 0.2) is 36.4 Å². The van der Waals surface area contributed by atoms with Crippen molar-refractivity contribution in [3.05, 3.63) is 36.4 Å². The summed E-state index contributed by atoms with van der Waals surface area (Å²) in [7, 11) is 1.58. The number of carbonyl (C=O) groups excluding carboxylic acids is 3. The third kappa shape index (κ3) is 4.21. The molecule has 2 bridgehead atoms. The van der Waals surface area contributed by atoms with Crippen LogP contribution in [-0.4, -0.2) is 59.6 Å². The molecule has 1 aromatic carbocycles. The van der Waals surface area contributed by atoms with Crippen LogP contribution < -0.4 is 15.4 Å². The number of fused-ring (bicyclic) bond motifs is 1.